The Kier molecular flexibility index (Phi) is 11.1. The minimum atomic E-state index is -0.339. The smallest absolute Gasteiger partial charge is 0.355 e. The second-order valence-electron chi connectivity index (χ2n) is 10.9. The van der Waals surface area contributed by atoms with Crippen LogP contribution in [0.15, 0.2) is 67.0 Å². The van der Waals surface area contributed by atoms with Crippen LogP contribution in [0.4, 0.5) is 4.39 Å². The van der Waals surface area contributed by atoms with Crippen LogP contribution in [0.2, 0.25) is 0 Å². The summed E-state index contributed by atoms with van der Waals surface area (Å²) in [5.74, 6) is 0.509. The van der Waals surface area contributed by atoms with Crippen molar-refractivity contribution in [2.45, 2.75) is 44.5 Å². The lowest BCUT2D eigenvalue weighted by Crippen LogP contribution is -2.16. The summed E-state index contributed by atoms with van der Waals surface area (Å²) in [6.45, 7) is 4.11. The molecule has 0 aliphatic heterocycles. The summed E-state index contributed by atoms with van der Waals surface area (Å²) in [4.78, 5) is 13.7. The zero-order chi connectivity index (χ0) is 31.8. The highest BCUT2D eigenvalue weighted by Crippen LogP contribution is 2.39. The van der Waals surface area contributed by atoms with Gasteiger partial charge in [-0.3, -0.25) is 4.68 Å². The maximum atomic E-state index is 13.7. The molecule has 2 heterocycles. The summed E-state index contributed by atoms with van der Waals surface area (Å²) in [5.41, 5.74) is 5.63. The highest BCUT2D eigenvalue weighted by Gasteiger charge is 2.27. The fourth-order valence-electron chi connectivity index (χ4n) is 6.12. The van der Waals surface area contributed by atoms with Gasteiger partial charge in [0, 0.05) is 40.8 Å². The van der Waals surface area contributed by atoms with Crippen molar-refractivity contribution >= 4 is 49.7 Å². The summed E-state index contributed by atoms with van der Waals surface area (Å²) in [7, 11) is 3.80. The van der Waals surface area contributed by atoms with Gasteiger partial charge in [-0.1, -0.05) is 70.5 Å². The molecular weight excluding hydrogens is 635 g/mol. The number of hydrogen-bond donors (Lipinski definition) is 1. The van der Waals surface area contributed by atoms with Gasteiger partial charge in [0.1, 0.15) is 11.4 Å². The molecule has 3 aromatic carbocycles. The summed E-state index contributed by atoms with van der Waals surface area (Å²) >= 11 is 3.62. The molecule has 0 atom stereocenters. The monoisotopic (exact) mass is 674 g/mol. The van der Waals surface area contributed by atoms with Gasteiger partial charge in [-0.05, 0) is 69.3 Å². The standard InChI is InChI=1S/C36H40BrFN4O3/c1-4-44-36(43)35-28(17-11-23-45-32-18-9-13-25-12-5-6-14-26(25)32)27-15-10-16-29(34(27)42(35)22-8-7-21-39-2)33-30(19-20-38)40-41(3)31(33)24-37/h5-6,9-10,12-16,18-20,39H,4,7-8,11,17,21-24H2,1-3H3/b20-19+. The number of carbonyl (C=O) groups is 1. The van der Waals surface area contributed by atoms with E-state index in [-0.39, 0.29) is 12.6 Å². The number of para-hydroxylation sites is 1. The molecule has 0 aliphatic rings. The number of benzene rings is 3. The Labute approximate surface area is 272 Å². The summed E-state index contributed by atoms with van der Waals surface area (Å²) < 4.78 is 29.4. The molecule has 1 N–H and O–H groups in total. The van der Waals surface area contributed by atoms with E-state index in [0.29, 0.717) is 49.0 Å². The molecule has 2 aromatic heterocycles. The number of carbonyl (C=O) groups excluding carboxylic acids is 1. The number of unbranched alkanes of at least 4 members (excludes halogenated alkanes) is 1. The molecule has 5 rings (SSSR count). The lowest BCUT2D eigenvalue weighted by Gasteiger charge is -2.14. The van der Waals surface area contributed by atoms with E-state index >= 15 is 0 Å². The summed E-state index contributed by atoms with van der Waals surface area (Å²) in [6.07, 6.45) is 5.05. The van der Waals surface area contributed by atoms with Crippen LogP contribution in [0, 0.1) is 0 Å². The first-order valence-corrected chi connectivity index (χ1v) is 16.6. The molecule has 7 nitrogen and oxygen atoms in total. The van der Waals surface area contributed by atoms with Crippen molar-refractivity contribution in [2.75, 3.05) is 26.8 Å². The van der Waals surface area contributed by atoms with Gasteiger partial charge in [-0.25, -0.2) is 9.18 Å². The van der Waals surface area contributed by atoms with E-state index in [4.69, 9.17) is 9.47 Å². The zero-order valence-corrected chi connectivity index (χ0v) is 27.7. The van der Waals surface area contributed by atoms with Crippen molar-refractivity contribution in [1.82, 2.24) is 19.7 Å². The molecule has 236 valence electrons. The van der Waals surface area contributed by atoms with Gasteiger partial charge in [0.2, 0.25) is 0 Å². The lowest BCUT2D eigenvalue weighted by molar-refractivity contribution is 0.0512. The SMILES string of the molecule is CCOC(=O)c1c(CCCOc2cccc3ccccc23)c2cccc(-c3c(/C=C/F)nn(C)c3CBr)c2n1CCCCNC. The van der Waals surface area contributed by atoms with Crippen molar-refractivity contribution in [3.05, 3.63) is 89.6 Å². The van der Waals surface area contributed by atoms with Crippen LogP contribution >= 0.6 is 15.9 Å². The number of halogens is 2. The van der Waals surface area contributed by atoms with Crippen LogP contribution < -0.4 is 10.1 Å². The molecule has 0 aliphatic carbocycles. The van der Waals surface area contributed by atoms with Gasteiger partial charge < -0.3 is 19.4 Å². The lowest BCUT2D eigenvalue weighted by atomic mass is 9.98. The first-order valence-electron chi connectivity index (χ1n) is 15.5. The zero-order valence-electron chi connectivity index (χ0n) is 26.1. The quantitative estimate of drug-likeness (QED) is 0.0688. The number of fused-ring (bicyclic) bond motifs is 2. The Morgan fingerprint density at radius 1 is 1.04 bits per heavy atom. The summed E-state index contributed by atoms with van der Waals surface area (Å²) in [6, 6.07) is 20.4. The van der Waals surface area contributed by atoms with Gasteiger partial charge in [-0.2, -0.15) is 5.10 Å². The first-order chi connectivity index (χ1) is 22.0. The van der Waals surface area contributed by atoms with Gasteiger partial charge in [0.05, 0.1) is 36.4 Å². The fourth-order valence-corrected chi connectivity index (χ4v) is 6.76. The Morgan fingerprint density at radius 3 is 2.60 bits per heavy atom. The molecule has 0 spiro atoms. The number of aromatic nitrogens is 3. The van der Waals surface area contributed by atoms with Gasteiger partial charge in [-0.15, -0.1) is 0 Å². The van der Waals surface area contributed by atoms with E-state index in [1.807, 2.05) is 57.4 Å². The molecular formula is C36H40BrFN4O3. The number of nitrogens with one attached hydrogen (secondary N) is 1. The fraction of sp³-hybridized carbons (Fsp3) is 0.333. The highest BCUT2D eigenvalue weighted by molar-refractivity contribution is 9.08. The first kappa shape index (κ1) is 32.4. The van der Waals surface area contributed by atoms with Crippen molar-refractivity contribution in [2.24, 2.45) is 7.05 Å². The summed E-state index contributed by atoms with van der Waals surface area (Å²) in [5, 5.41) is 11.6. The van der Waals surface area contributed by atoms with Gasteiger partial charge >= 0.3 is 5.97 Å². The number of nitrogens with zero attached hydrogens (tertiary/aromatic N) is 3. The third-order valence-corrected chi connectivity index (χ3v) is 8.63. The average molecular weight is 676 g/mol. The minimum absolute atomic E-state index is 0.276. The second kappa shape index (κ2) is 15.4. The van der Waals surface area contributed by atoms with E-state index in [1.165, 1.54) is 6.08 Å². The van der Waals surface area contributed by atoms with Gasteiger partial charge in [0.25, 0.3) is 0 Å². The van der Waals surface area contributed by atoms with Crippen LogP contribution in [0.3, 0.4) is 0 Å². The van der Waals surface area contributed by atoms with E-state index < -0.39 is 0 Å². The van der Waals surface area contributed by atoms with Gasteiger partial charge in [0.15, 0.2) is 0 Å². The van der Waals surface area contributed by atoms with Crippen LogP contribution in [0.1, 0.15) is 53.6 Å². The van der Waals surface area contributed by atoms with Crippen molar-refractivity contribution in [3.63, 3.8) is 0 Å². The van der Waals surface area contributed by atoms with Crippen LogP contribution in [0.25, 0.3) is 38.9 Å². The Bertz CT molecular complexity index is 1800. The number of aryl methyl sites for hydroxylation is 3. The predicted molar refractivity (Wildman–Crippen MR) is 184 cm³/mol. The number of rotatable bonds is 15. The predicted octanol–water partition coefficient (Wildman–Crippen LogP) is 8.22. The van der Waals surface area contributed by atoms with Crippen molar-refractivity contribution < 1.29 is 18.7 Å². The molecule has 0 saturated carbocycles. The highest BCUT2D eigenvalue weighted by atomic mass is 79.9. The van der Waals surface area contributed by atoms with Crippen LogP contribution in [0.5, 0.6) is 5.75 Å². The third kappa shape index (κ3) is 6.84. The largest absolute Gasteiger partial charge is 0.493 e. The Hall–Kier alpha value is -3.95. The maximum absolute atomic E-state index is 13.7. The molecule has 0 saturated heterocycles. The topological polar surface area (TPSA) is 70.3 Å². The molecule has 0 radical (unpaired) electrons. The molecule has 0 fully saturated rings. The molecule has 0 bridgehead atoms. The van der Waals surface area contributed by atoms with E-state index in [9.17, 15) is 9.18 Å². The molecule has 5 aromatic rings. The molecule has 45 heavy (non-hydrogen) atoms. The minimum Gasteiger partial charge on any atom is -0.493 e. The second-order valence-corrected chi connectivity index (χ2v) is 11.5. The van der Waals surface area contributed by atoms with Crippen molar-refractivity contribution in [1.29, 1.82) is 0 Å². The normalized spacial score (nSPS) is 11.7. The van der Waals surface area contributed by atoms with Crippen LogP contribution in [-0.2, 0) is 30.1 Å². The Balaban J connectivity index is 1.60. The molecule has 0 amide bonds. The molecule has 9 heteroatoms. The van der Waals surface area contributed by atoms with E-state index in [1.54, 1.807) is 4.68 Å². The maximum Gasteiger partial charge on any atom is 0.355 e. The average Bonchev–Trinajstić information content (AvgIpc) is 3.54. The van der Waals surface area contributed by atoms with E-state index in [2.05, 4.69) is 55.2 Å². The van der Waals surface area contributed by atoms with Crippen molar-refractivity contribution in [3.8, 4) is 16.9 Å². The molecule has 0 unspecified atom stereocenters. The number of alkyl halides is 1. The third-order valence-electron chi connectivity index (χ3n) is 8.10. The number of hydrogen-bond acceptors (Lipinski definition) is 5. The van der Waals surface area contributed by atoms with Crippen LogP contribution in [-0.4, -0.2) is 47.1 Å². The number of ether oxygens (including phenoxy) is 2. The Morgan fingerprint density at radius 2 is 1.82 bits per heavy atom. The number of esters is 1. The van der Waals surface area contributed by atoms with E-state index in [0.717, 1.165) is 69.2 Å².